The average Bonchev–Trinajstić information content (AvgIpc) is 2.67. The highest BCUT2D eigenvalue weighted by Gasteiger charge is 2.13. The fourth-order valence-electron chi connectivity index (χ4n) is 1.32. The van der Waals surface area contributed by atoms with Crippen molar-refractivity contribution in [3.05, 3.63) is 11.9 Å². The predicted molar refractivity (Wildman–Crippen MR) is 47.0 cm³/mol. The molecule has 0 unspecified atom stereocenters. The maximum Gasteiger partial charge on any atom is 0.203 e. The molecule has 0 spiro atoms. The summed E-state index contributed by atoms with van der Waals surface area (Å²) in [5.74, 6) is 0.755. The third kappa shape index (κ3) is 1.70. The molecule has 2 heterocycles. The van der Waals surface area contributed by atoms with Crippen LogP contribution in [0.4, 0.5) is 5.95 Å². The van der Waals surface area contributed by atoms with Crippen LogP contribution in [0.3, 0.4) is 0 Å². The minimum atomic E-state index is 0.515. The van der Waals surface area contributed by atoms with Crippen molar-refractivity contribution in [2.24, 2.45) is 0 Å². The first-order chi connectivity index (χ1) is 6.40. The van der Waals surface area contributed by atoms with Crippen LogP contribution in [0.2, 0.25) is 0 Å². The van der Waals surface area contributed by atoms with Gasteiger partial charge in [0, 0.05) is 13.1 Å². The Labute approximate surface area is 75.7 Å². The van der Waals surface area contributed by atoms with Crippen LogP contribution in [0.1, 0.15) is 10.5 Å². The molecule has 0 radical (unpaired) electrons. The number of rotatable bonds is 2. The van der Waals surface area contributed by atoms with Crippen molar-refractivity contribution < 1.29 is 9.53 Å². The molecule has 0 atom stereocenters. The van der Waals surface area contributed by atoms with Gasteiger partial charge >= 0.3 is 0 Å². The third-order valence-corrected chi connectivity index (χ3v) is 2.02. The first kappa shape index (κ1) is 8.25. The van der Waals surface area contributed by atoms with Crippen molar-refractivity contribution in [2.45, 2.75) is 0 Å². The predicted octanol–water partition coefficient (Wildman–Crippen LogP) is 0.0588. The first-order valence-corrected chi connectivity index (χ1v) is 4.23. The second-order valence-electron chi connectivity index (χ2n) is 2.88. The van der Waals surface area contributed by atoms with E-state index in [1.165, 1.54) is 6.20 Å². The fraction of sp³-hybridized carbons (Fsp3) is 0.500. The molecule has 2 rings (SSSR count). The number of carbonyl (C=O) groups excluding carboxylic acids is 1. The number of H-pyrrole nitrogens is 1. The standard InChI is InChI=1S/C8H11N3O2/c12-6-7-5-9-8(10-7)11-1-3-13-4-2-11/h5-6H,1-4H2,(H,9,10). The number of imidazole rings is 1. The molecule has 70 valence electrons. The Kier molecular flexibility index (Phi) is 2.27. The van der Waals surface area contributed by atoms with E-state index in [2.05, 4.69) is 14.9 Å². The number of carbonyl (C=O) groups is 1. The van der Waals surface area contributed by atoms with E-state index in [1.807, 2.05) is 0 Å². The van der Waals surface area contributed by atoms with E-state index < -0.39 is 0 Å². The molecule has 1 saturated heterocycles. The van der Waals surface area contributed by atoms with Gasteiger partial charge < -0.3 is 14.6 Å². The van der Waals surface area contributed by atoms with Crippen LogP contribution in [0, 0.1) is 0 Å². The van der Waals surface area contributed by atoms with Crippen molar-refractivity contribution in [3.8, 4) is 0 Å². The monoisotopic (exact) mass is 181 g/mol. The Hall–Kier alpha value is -1.36. The Bertz CT molecular complexity index is 291. The van der Waals surface area contributed by atoms with E-state index in [9.17, 15) is 4.79 Å². The van der Waals surface area contributed by atoms with Crippen LogP contribution in [0.5, 0.6) is 0 Å². The van der Waals surface area contributed by atoms with Crippen molar-refractivity contribution in [1.29, 1.82) is 0 Å². The summed E-state index contributed by atoms with van der Waals surface area (Å²) in [5.41, 5.74) is 0.515. The number of nitrogens with zero attached hydrogens (tertiary/aromatic N) is 2. The molecule has 1 aliphatic rings. The van der Waals surface area contributed by atoms with Crippen molar-refractivity contribution in [2.75, 3.05) is 31.2 Å². The average molecular weight is 181 g/mol. The lowest BCUT2D eigenvalue weighted by Crippen LogP contribution is -2.36. The van der Waals surface area contributed by atoms with Gasteiger partial charge in [0.1, 0.15) is 0 Å². The highest BCUT2D eigenvalue weighted by molar-refractivity contribution is 5.72. The van der Waals surface area contributed by atoms with E-state index in [4.69, 9.17) is 4.74 Å². The Morgan fingerprint density at radius 2 is 2.31 bits per heavy atom. The summed E-state index contributed by atoms with van der Waals surface area (Å²) in [6.07, 6.45) is 2.30. The first-order valence-electron chi connectivity index (χ1n) is 4.23. The molecule has 0 amide bonds. The Balaban J connectivity index is 2.09. The van der Waals surface area contributed by atoms with E-state index in [-0.39, 0.29) is 0 Å². The van der Waals surface area contributed by atoms with Gasteiger partial charge in [-0.05, 0) is 0 Å². The summed E-state index contributed by atoms with van der Waals surface area (Å²) < 4.78 is 5.20. The van der Waals surface area contributed by atoms with Crippen LogP contribution < -0.4 is 4.90 Å². The highest BCUT2D eigenvalue weighted by atomic mass is 16.5. The highest BCUT2D eigenvalue weighted by Crippen LogP contribution is 2.09. The second kappa shape index (κ2) is 3.57. The number of aromatic nitrogens is 2. The maximum absolute atomic E-state index is 10.4. The van der Waals surface area contributed by atoms with Gasteiger partial charge in [0.25, 0.3) is 0 Å². The van der Waals surface area contributed by atoms with Gasteiger partial charge in [0.2, 0.25) is 5.95 Å². The summed E-state index contributed by atoms with van der Waals surface area (Å²) in [5, 5.41) is 0. The van der Waals surface area contributed by atoms with Crippen molar-refractivity contribution >= 4 is 12.2 Å². The van der Waals surface area contributed by atoms with Gasteiger partial charge in [-0.2, -0.15) is 0 Å². The van der Waals surface area contributed by atoms with E-state index in [1.54, 1.807) is 0 Å². The molecule has 5 heteroatoms. The summed E-state index contributed by atoms with van der Waals surface area (Å²) in [6.45, 7) is 3.09. The number of hydrogen-bond acceptors (Lipinski definition) is 4. The number of aldehydes is 1. The zero-order valence-corrected chi connectivity index (χ0v) is 7.19. The second-order valence-corrected chi connectivity index (χ2v) is 2.88. The van der Waals surface area contributed by atoms with E-state index >= 15 is 0 Å². The summed E-state index contributed by atoms with van der Waals surface area (Å²) in [6, 6.07) is 0. The van der Waals surface area contributed by atoms with Crippen LogP contribution in [-0.2, 0) is 4.74 Å². The Morgan fingerprint density at radius 3 is 2.92 bits per heavy atom. The van der Waals surface area contributed by atoms with Crippen LogP contribution in [0.25, 0.3) is 0 Å². The smallest absolute Gasteiger partial charge is 0.203 e. The van der Waals surface area contributed by atoms with Gasteiger partial charge in [0.15, 0.2) is 6.29 Å². The molecule has 1 aliphatic heterocycles. The van der Waals surface area contributed by atoms with Gasteiger partial charge in [-0.25, -0.2) is 4.98 Å². The van der Waals surface area contributed by atoms with Crippen LogP contribution in [0.15, 0.2) is 6.20 Å². The molecule has 0 aliphatic carbocycles. The molecule has 1 N–H and O–H groups in total. The van der Waals surface area contributed by atoms with Crippen molar-refractivity contribution in [1.82, 2.24) is 9.97 Å². The molecule has 1 aromatic heterocycles. The number of aromatic amines is 1. The number of anilines is 1. The zero-order chi connectivity index (χ0) is 9.10. The van der Waals surface area contributed by atoms with E-state index in [0.717, 1.165) is 38.5 Å². The van der Waals surface area contributed by atoms with Gasteiger partial charge in [-0.15, -0.1) is 0 Å². The lowest BCUT2D eigenvalue weighted by molar-refractivity contribution is 0.111. The molecule has 5 nitrogen and oxygen atoms in total. The molecule has 1 aromatic rings. The molecule has 1 fully saturated rings. The van der Waals surface area contributed by atoms with Crippen molar-refractivity contribution in [3.63, 3.8) is 0 Å². The number of nitrogens with one attached hydrogen (secondary N) is 1. The fourth-order valence-corrected chi connectivity index (χ4v) is 1.32. The van der Waals surface area contributed by atoms with E-state index in [0.29, 0.717) is 5.69 Å². The summed E-state index contributed by atoms with van der Waals surface area (Å²) in [4.78, 5) is 19.5. The number of hydrogen-bond donors (Lipinski definition) is 1. The lowest BCUT2D eigenvalue weighted by Gasteiger charge is -2.26. The molecule has 0 bridgehead atoms. The molecule has 13 heavy (non-hydrogen) atoms. The quantitative estimate of drug-likeness (QED) is 0.655. The minimum absolute atomic E-state index is 0.515. The maximum atomic E-state index is 10.4. The molecular formula is C8H11N3O2. The number of ether oxygens (including phenoxy) is 1. The van der Waals surface area contributed by atoms with Gasteiger partial charge in [-0.1, -0.05) is 0 Å². The lowest BCUT2D eigenvalue weighted by atomic mass is 10.4. The van der Waals surface area contributed by atoms with Gasteiger partial charge in [-0.3, -0.25) is 4.79 Å². The SMILES string of the molecule is O=Cc1cnc(N2CCOCC2)[nH]1. The molecular weight excluding hydrogens is 170 g/mol. The van der Waals surface area contributed by atoms with Crippen LogP contribution in [-0.4, -0.2) is 42.6 Å². The minimum Gasteiger partial charge on any atom is -0.378 e. The normalized spacial score (nSPS) is 17.4. The summed E-state index contributed by atoms with van der Waals surface area (Å²) in [7, 11) is 0. The Morgan fingerprint density at radius 1 is 1.54 bits per heavy atom. The largest absolute Gasteiger partial charge is 0.378 e. The number of morpholine rings is 1. The third-order valence-electron chi connectivity index (χ3n) is 2.02. The van der Waals surface area contributed by atoms with Crippen LogP contribution >= 0.6 is 0 Å². The molecule has 0 aromatic carbocycles. The summed E-state index contributed by atoms with van der Waals surface area (Å²) >= 11 is 0. The molecule has 0 saturated carbocycles. The topological polar surface area (TPSA) is 58.2 Å². The zero-order valence-electron chi connectivity index (χ0n) is 7.19. The van der Waals surface area contributed by atoms with Gasteiger partial charge in [0.05, 0.1) is 25.1 Å².